The molecular formula is C24H24ClN5O4. The molecule has 0 unspecified atom stereocenters. The molecule has 1 saturated carbocycles. The highest BCUT2D eigenvalue weighted by atomic mass is 35.5. The molecule has 0 atom stereocenters. The number of amides is 3. The van der Waals surface area contributed by atoms with E-state index in [0.717, 1.165) is 25.8 Å². The van der Waals surface area contributed by atoms with Crippen LogP contribution in [0.3, 0.4) is 0 Å². The molecule has 1 aliphatic carbocycles. The molecule has 10 heteroatoms. The summed E-state index contributed by atoms with van der Waals surface area (Å²) in [7, 11) is 0. The van der Waals surface area contributed by atoms with Crippen molar-refractivity contribution in [2.75, 3.05) is 17.2 Å². The molecule has 9 nitrogen and oxygen atoms in total. The summed E-state index contributed by atoms with van der Waals surface area (Å²) < 4.78 is 5.78. The molecule has 0 bridgehead atoms. The number of likely N-dealkylation sites (tertiary alicyclic amines) is 1. The minimum atomic E-state index is -0.544. The molecule has 1 aliphatic heterocycles. The van der Waals surface area contributed by atoms with Crippen LogP contribution in [0, 0.1) is 5.92 Å². The Bertz CT molecular complexity index is 1230. The van der Waals surface area contributed by atoms with E-state index >= 15 is 0 Å². The number of hydrogen-bond acceptors (Lipinski definition) is 6. The van der Waals surface area contributed by atoms with Crippen molar-refractivity contribution in [2.45, 2.75) is 44.6 Å². The number of nitrogens with zero attached hydrogens (tertiary/aromatic N) is 3. The van der Waals surface area contributed by atoms with E-state index in [1.807, 2.05) is 4.90 Å². The quantitative estimate of drug-likeness (QED) is 0.562. The first-order valence-electron chi connectivity index (χ1n) is 11.4. The van der Waals surface area contributed by atoms with Crippen molar-refractivity contribution < 1.29 is 18.8 Å². The lowest BCUT2D eigenvalue weighted by Gasteiger charge is -2.34. The fourth-order valence-electron chi connectivity index (χ4n) is 4.78. The Morgan fingerprint density at radius 2 is 1.91 bits per heavy atom. The molecule has 34 heavy (non-hydrogen) atoms. The molecule has 1 saturated heterocycles. The third kappa shape index (κ3) is 4.48. The molecule has 0 aromatic carbocycles. The average molecular weight is 482 g/mol. The number of fused-ring (bicyclic) bond motifs is 1. The highest BCUT2D eigenvalue weighted by Crippen LogP contribution is 2.34. The van der Waals surface area contributed by atoms with Crippen LogP contribution in [-0.2, 0) is 9.59 Å². The zero-order valence-corrected chi connectivity index (χ0v) is 19.2. The Balaban J connectivity index is 1.32. The van der Waals surface area contributed by atoms with Crippen LogP contribution >= 0.6 is 11.6 Å². The summed E-state index contributed by atoms with van der Waals surface area (Å²) in [5.74, 6) is -0.418. The number of anilines is 2. The van der Waals surface area contributed by atoms with E-state index in [9.17, 15) is 14.4 Å². The predicted octanol–water partition coefficient (Wildman–Crippen LogP) is 4.25. The maximum absolute atomic E-state index is 13.2. The SMILES string of the molecule is O=C(Nc1ccc(Cl)cn1)c1oc2ccncc2c1NC(=O)C1CCC(N2CCCC2=O)CC1. The summed E-state index contributed by atoms with van der Waals surface area (Å²) in [5, 5.41) is 6.58. The largest absolute Gasteiger partial charge is 0.448 e. The van der Waals surface area contributed by atoms with Crippen molar-refractivity contribution in [3.05, 3.63) is 47.6 Å². The first kappa shape index (κ1) is 22.3. The van der Waals surface area contributed by atoms with Gasteiger partial charge in [-0.2, -0.15) is 0 Å². The normalized spacial score (nSPS) is 20.5. The van der Waals surface area contributed by atoms with E-state index in [4.69, 9.17) is 16.0 Å². The Morgan fingerprint density at radius 3 is 2.62 bits per heavy atom. The number of furan rings is 1. The fourth-order valence-corrected chi connectivity index (χ4v) is 4.89. The van der Waals surface area contributed by atoms with Gasteiger partial charge in [-0.1, -0.05) is 11.6 Å². The maximum atomic E-state index is 13.2. The van der Waals surface area contributed by atoms with Gasteiger partial charge in [-0.15, -0.1) is 0 Å². The van der Waals surface area contributed by atoms with Gasteiger partial charge in [-0.3, -0.25) is 19.4 Å². The molecule has 3 amide bonds. The molecule has 4 heterocycles. The molecule has 2 N–H and O–H groups in total. The summed E-state index contributed by atoms with van der Waals surface area (Å²) in [6.45, 7) is 0.815. The van der Waals surface area contributed by atoms with Crippen LogP contribution in [-0.4, -0.2) is 45.2 Å². The van der Waals surface area contributed by atoms with Gasteiger partial charge in [0.2, 0.25) is 17.6 Å². The van der Waals surface area contributed by atoms with E-state index in [1.165, 1.54) is 6.20 Å². The van der Waals surface area contributed by atoms with Crippen molar-refractivity contribution in [1.82, 2.24) is 14.9 Å². The molecule has 2 fully saturated rings. The molecule has 2 aliphatic rings. The predicted molar refractivity (Wildman–Crippen MR) is 127 cm³/mol. The summed E-state index contributed by atoms with van der Waals surface area (Å²) in [5.41, 5.74) is 0.729. The average Bonchev–Trinajstić information content (AvgIpc) is 3.44. The van der Waals surface area contributed by atoms with Gasteiger partial charge < -0.3 is 20.0 Å². The van der Waals surface area contributed by atoms with E-state index < -0.39 is 5.91 Å². The third-order valence-corrected chi connectivity index (χ3v) is 6.75. The number of rotatable bonds is 5. The second-order valence-electron chi connectivity index (χ2n) is 8.68. The number of hydrogen-bond donors (Lipinski definition) is 2. The molecule has 0 spiro atoms. The standard InChI is InChI=1S/C24H24ClN5O4/c25-15-5-8-19(27-12-15)28-24(33)22-21(17-13-26-10-9-18(17)34-22)29-23(32)14-3-6-16(7-4-14)30-11-1-2-20(30)31/h5,8-10,12-14,16H,1-4,6-7,11H2,(H,29,32)(H,27,28,33). The number of carbonyl (C=O) groups excluding carboxylic acids is 3. The molecule has 176 valence electrons. The van der Waals surface area contributed by atoms with Gasteiger partial charge in [-0.25, -0.2) is 4.98 Å². The van der Waals surface area contributed by atoms with Gasteiger partial charge in [0.1, 0.15) is 17.1 Å². The highest BCUT2D eigenvalue weighted by Gasteiger charge is 2.34. The Labute approximate surface area is 200 Å². The smallest absolute Gasteiger partial charge is 0.294 e. The second kappa shape index (κ2) is 9.42. The number of halogens is 1. The van der Waals surface area contributed by atoms with Crippen LogP contribution in [0.15, 0.2) is 41.2 Å². The highest BCUT2D eigenvalue weighted by molar-refractivity contribution is 6.30. The monoisotopic (exact) mass is 481 g/mol. The van der Waals surface area contributed by atoms with Crippen molar-refractivity contribution in [3.8, 4) is 0 Å². The number of aromatic nitrogens is 2. The van der Waals surface area contributed by atoms with Crippen molar-refractivity contribution in [1.29, 1.82) is 0 Å². The lowest BCUT2D eigenvalue weighted by molar-refractivity contribution is -0.130. The number of carbonyl (C=O) groups is 3. The molecule has 3 aromatic rings. The molecular weight excluding hydrogens is 458 g/mol. The van der Waals surface area contributed by atoms with E-state index in [0.29, 0.717) is 41.1 Å². The Kier molecular flexibility index (Phi) is 6.19. The van der Waals surface area contributed by atoms with Crippen LogP contribution in [0.5, 0.6) is 0 Å². The molecule has 3 aromatic heterocycles. The first-order chi connectivity index (χ1) is 16.5. The minimum Gasteiger partial charge on any atom is -0.448 e. The fraction of sp³-hybridized carbons (Fsp3) is 0.375. The van der Waals surface area contributed by atoms with Crippen molar-refractivity contribution in [2.24, 2.45) is 5.92 Å². The van der Waals surface area contributed by atoms with E-state index in [2.05, 4.69) is 20.6 Å². The number of nitrogens with one attached hydrogen (secondary N) is 2. The van der Waals surface area contributed by atoms with Gasteiger partial charge in [0.05, 0.1) is 10.4 Å². The lowest BCUT2D eigenvalue weighted by atomic mass is 9.84. The summed E-state index contributed by atoms with van der Waals surface area (Å²) in [6, 6.07) is 5.04. The topological polar surface area (TPSA) is 117 Å². The first-order valence-corrected chi connectivity index (χ1v) is 11.8. The van der Waals surface area contributed by atoms with Crippen LogP contribution in [0.2, 0.25) is 5.02 Å². The van der Waals surface area contributed by atoms with Gasteiger partial charge in [0.15, 0.2) is 0 Å². The third-order valence-electron chi connectivity index (χ3n) is 6.53. The van der Waals surface area contributed by atoms with Crippen molar-refractivity contribution in [3.63, 3.8) is 0 Å². The maximum Gasteiger partial charge on any atom is 0.294 e. The summed E-state index contributed by atoms with van der Waals surface area (Å²) in [4.78, 5) is 48.4. The second-order valence-corrected chi connectivity index (χ2v) is 9.12. The number of pyridine rings is 2. The zero-order valence-electron chi connectivity index (χ0n) is 18.4. The molecule has 5 rings (SSSR count). The van der Waals surface area contributed by atoms with Crippen LogP contribution in [0.25, 0.3) is 11.0 Å². The molecule has 0 radical (unpaired) electrons. The van der Waals surface area contributed by atoms with Crippen LogP contribution in [0.1, 0.15) is 49.1 Å². The van der Waals surface area contributed by atoms with Crippen LogP contribution in [0.4, 0.5) is 11.5 Å². The Morgan fingerprint density at radius 1 is 1.09 bits per heavy atom. The van der Waals surface area contributed by atoms with Gasteiger partial charge in [-0.05, 0) is 50.3 Å². The minimum absolute atomic E-state index is 0.0237. The van der Waals surface area contributed by atoms with E-state index in [-0.39, 0.29) is 35.2 Å². The van der Waals surface area contributed by atoms with Crippen LogP contribution < -0.4 is 10.6 Å². The lowest BCUT2D eigenvalue weighted by Crippen LogP contribution is -2.40. The van der Waals surface area contributed by atoms with Gasteiger partial charge >= 0.3 is 0 Å². The van der Waals surface area contributed by atoms with Gasteiger partial charge in [0.25, 0.3) is 5.91 Å². The van der Waals surface area contributed by atoms with Gasteiger partial charge in [0, 0.05) is 43.5 Å². The summed E-state index contributed by atoms with van der Waals surface area (Å²) in [6.07, 6.45) is 9.04. The Hall–Kier alpha value is -3.46. The summed E-state index contributed by atoms with van der Waals surface area (Å²) >= 11 is 5.86. The zero-order chi connectivity index (χ0) is 23.7. The van der Waals surface area contributed by atoms with Crippen molar-refractivity contribution >= 4 is 51.8 Å². The van der Waals surface area contributed by atoms with E-state index in [1.54, 1.807) is 30.6 Å².